The van der Waals surface area contributed by atoms with E-state index < -0.39 is 0 Å². The van der Waals surface area contributed by atoms with E-state index in [1.807, 2.05) is 4.90 Å². The van der Waals surface area contributed by atoms with Crippen molar-refractivity contribution in [3.63, 3.8) is 0 Å². The molecule has 1 heterocycles. The summed E-state index contributed by atoms with van der Waals surface area (Å²) in [5, 5.41) is 0. The second kappa shape index (κ2) is 6.55. The Morgan fingerprint density at radius 3 is 2.33 bits per heavy atom. The zero-order chi connectivity index (χ0) is 13.8. The van der Waals surface area contributed by atoms with E-state index in [4.69, 9.17) is 5.73 Å². The normalized spacial score (nSPS) is 19.9. The van der Waals surface area contributed by atoms with E-state index in [0.29, 0.717) is 23.7 Å². The van der Waals surface area contributed by atoms with E-state index in [1.165, 1.54) is 0 Å². The first kappa shape index (κ1) is 15.5. The fourth-order valence-electron chi connectivity index (χ4n) is 2.60. The molecule has 0 radical (unpaired) electrons. The Labute approximate surface area is 112 Å². The van der Waals surface area contributed by atoms with Gasteiger partial charge >= 0.3 is 0 Å². The minimum Gasteiger partial charge on any atom is -0.343 e. The Hall–Kier alpha value is -0.570. The fraction of sp³-hybridized carbons (Fsp3) is 0.933. The zero-order valence-electron chi connectivity index (χ0n) is 12.5. The maximum atomic E-state index is 12.1. The average Bonchev–Trinajstić information content (AvgIpc) is 2.27. The van der Waals surface area contributed by atoms with Crippen LogP contribution in [0.3, 0.4) is 0 Å². The molecule has 0 aromatic heterocycles. The first-order chi connectivity index (χ1) is 8.29. The van der Waals surface area contributed by atoms with Gasteiger partial charge in [-0.2, -0.15) is 0 Å². The molecule has 106 valence electrons. The molecule has 18 heavy (non-hydrogen) atoms. The summed E-state index contributed by atoms with van der Waals surface area (Å²) in [7, 11) is 0. The molecule has 3 nitrogen and oxygen atoms in total. The van der Waals surface area contributed by atoms with Crippen LogP contribution in [0, 0.1) is 11.3 Å². The van der Waals surface area contributed by atoms with Gasteiger partial charge in [-0.3, -0.25) is 4.79 Å². The molecule has 1 aliphatic rings. The number of amides is 1. The van der Waals surface area contributed by atoms with Crippen LogP contribution in [-0.4, -0.2) is 29.9 Å². The Kier molecular flexibility index (Phi) is 5.64. The van der Waals surface area contributed by atoms with Gasteiger partial charge in [-0.1, -0.05) is 20.8 Å². The quantitative estimate of drug-likeness (QED) is 0.838. The lowest BCUT2D eigenvalue weighted by molar-refractivity contribution is -0.132. The van der Waals surface area contributed by atoms with Gasteiger partial charge in [0.15, 0.2) is 0 Å². The van der Waals surface area contributed by atoms with Crippen LogP contribution < -0.4 is 5.73 Å². The number of nitrogens with two attached hydrogens (primary N) is 1. The molecular weight excluding hydrogens is 224 g/mol. The van der Waals surface area contributed by atoms with E-state index >= 15 is 0 Å². The van der Waals surface area contributed by atoms with E-state index in [2.05, 4.69) is 27.7 Å². The standard InChI is InChI=1S/C15H30N2O/c1-12(16)13-7-10-17(11-8-13)14(18)6-5-9-15(2,3)4/h12-13H,5-11,16H2,1-4H3. The van der Waals surface area contributed by atoms with Crippen molar-refractivity contribution in [2.45, 2.75) is 65.8 Å². The molecular formula is C15H30N2O. The number of likely N-dealkylation sites (tertiary alicyclic amines) is 1. The Bertz CT molecular complexity index is 260. The van der Waals surface area contributed by atoms with Crippen molar-refractivity contribution in [3.05, 3.63) is 0 Å². The molecule has 1 aliphatic heterocycles. The molecule has 0 saturated carbocycles. The fourth-order valence-corrected chi connectivity index (χ4v) is 2.60. The highest BCUT2D eigenvalue weighted by molar-refractivity contribution is 5.76. The number of hydrogen-bond acceptors (Lipinski definition) is 2. The first-order valence-electron chi connectivity index (χ1n) is 7.33. The van der Waals surface area contributed by atoms with Crippen molar-refractivity contribution in [3.8, 4) is 0 Å². The second-order valence-electron chi connectivity index (χ2n) is 6.99. The van der Waals surface area contributed by atoms with Crippen LogP contribution in [-0.2, 0) is 4.79 Å². The number of hydrogen-bond donors (Lipinski definition) is 1. The maximum Gasteiger partial charge on any atom is 0.222 e. The van der Waals surface area contributed by atoms with Crippen LogP contribution in [0.15, 0.2) is 0 Å². The van der Waals surface area contributed by atoms with Gasteiger partial charge in [0.2, 0.25) is 5.91 Å². The van der Waals surface area contributed by atoms with Crippen LogP contribution in [0.5, 0.6) is 0 Å². The smallest absolute Gasteiger partial charge is 0.222 e. The third-order valence-corrected chi connectivity index (χ3v) is 3.95. The van der Waals surface area contributed by atoms with Crippen molar-refractivity contribution in [2.24, 2.45) is 17.1 Å². The molecule has 0 aromatic carbocycles. The average molecular weight is 254 g/mol. The molecule has 1 saturated heterocycles. The van der Waals surface area contributed by atoms with Gasteiger partial charge in [0, 0.05) is 25.6 Å². The van der Waals surface area contributed by atoms with Crippen molar-refractivity contribution in [2.75, 3.05) is 13.1 Å². The largest absolute Gasteiger partial charge is 0.343 e. The van der Waals surface area contributed by atoms with Crippen molar-refractivity contribution in [1.29, 1.82) is 0 Å². The first-order valence-corrected chi connectivity index (χ1v) is 7.33. The summed E-state index contributed by atoms with van der Waals surface area (Å²) in [6.07, 6.45) is 4.98. The third kappa shape index (κ3) is 5.38. The highest BCUT2D eigenvalue weighted by Gasteiger charge is 2.24. The summed E-state index contributed by atoms with van der Waals surface area (Å²) in [6.45, 7) is 10.6. The molecule has 1 atom stereocenters. The molecule has 3 heteroatoms. The lowest BCUT2D eigenvalue weighted by Gasteiger charge is -2.34. The Morgan fingerprint density at radius 2 is 1.89 bits per heavy atom. The van der Waals surface area contributed by atoms with Gasteiger partial charge in [-0.25, -0.2) is 0 Å². The van der Waals surface area contributed by atoms with Crippen LogP contribution >= 0.6 is 0 Å². The molecule has 1 amide bonds. The van der Waals surface area contributed by atoms with Crippen molar-refractivity contribution >= 4 is 5.91 Å². The van der Waals surface area contributed by atoms with Crippen molar-refractivity contribution < 1.29 is 4.79 Å². The summed E-state index contributed by atoms with van der Waals surface area (Å²) in [5.41, 5.74) is 6.25. The number of carbonyl (C=O) groups is 1. The Morgan fingerprint density at radius 1 is 1.33 bits per heavy atom. The lowest BCUT2D eigenvalue weighted by atomic mass is 9.89. The van der Waals surface area contributed by atoms with Crippen LogP contribution in [0.1, 0.15) is 59.8 Å². The third-order valence-electron chi connectivity index (χ3n) is 3.95. The predicted octanol–water partition coefficient (Wildman–Crippen LogP) is 2.79. The molecule has 1 rings (SSSR count). The number of carbonyl (C=O) groups excluding carboxylic acids is 1. The summed E-state index contributed by atoms with van der Waals surface area (Å²) in [5.74, 6) is 0.936. The molecule has 0 aliphatic carbocycles. The monoisotopic (exact) mass is 254 g/mol. The van der Waals surface area contributed by atoms with E-state index in [0.717, 1.165) is 38.8 Å². The maximum absolute atomic E-state index is 12.1. The van der Waals surface area contributed by atoms with E-state index in [9.17, 15) is 4.79 Å². The molecule has 0 bridgehead atoms. The minimum absolute atomic E-state index is 0.267. The van der Waals surface area contributed by atoms with Crippen molar-refractivity contribution in [1.82, 2.24) is 4.90 Å². The Balaban J connectivity index is 2.24. The number of piperidine rings is 1. The zero-order valence-corrected chi connectivity index (χ0v) is 12.5. The van der Waals surface area contributed by atoms with E-state index in [1.54, 1.807) is 0 Å². The van der Waals surface area contributed by atoms with Crippen LogP contribution in [0.4, 0.5) is 0 Å². The highest BCUT2D eigenvalue weighted by Crippen LogP contribution is 2.23. The van der Waals surface area contributed by atoms with Crippen LogP contribution in [0.25, 0.3) is 0 Å². The summed E-state index contributed by atoms with van der Waals surface area (Å²) in [4.78, 5) is 14.1. The lowest BCUT2D eigenvalue weighted by Crippen LogP contribution is -2.42. The second-order valence-corrected chi connectivity index (χ2v) is 6.99. The van der Waals surface area contributed by atoms with Crippen LogP contribution in [0.2, 0.25) is 0 Å². The molecule has 1 unspecified atom stereocenters. The number of nitrogens with zero attached hydrogens (tertiary/aromatic N) is 1. The topological polar surface area (TPSA) is 46.3 Å². The molecule has 0 aromatic rings. The van der Waals surface area contributed by atoms with Gasteiger partial charge in [0.25, 0.3) is 0 Å². The molecule has 2 N–H and O–H groups in total. The van der Waals surface area contributed by atoms with E-state index in [-0.39, 0.29) is 6.04 Å². The number of rotatable bonds is 4. The van der Waals surface area contributed by atoms with Gasteiger partial charge in [0.1, 0.15) is 0 Å². The summed E-state index contributed by atoms with van der Waals surface area (Å²) >= 11 is 0. The molecule has 1 fully saturated rings. The predicted molar refractivity (Wildman–Crippen MR) is 76.3 cm³/mol. The van der Waals surface area contributed by atoms with Gasteiger partial charge in [-0.05, 0) is 43.9 Å². The van der Waals surface area contributed by atoms with Gasteiger partial charge < -0.3 is 10.6 Å². The highest BCUT2D eigenvalue weighted by atomic mass is 16.2. The summed E-state index contributed by atoms with van der Waals surface area (Å²) < 4.78 is 0. The minimum atomic E-state index is 0.267. The SMILES string of the molecule is CC(N)C1CCN(C(=O)CCCC(C)(C)C)CC1. The van der Waals surface area contributed by atoms with Gasteiger partial charge in [-0.15, -0.1) is 0 Å². The summed E-state index contributed by atoms with van der Waals surface area (Å²) in [6, 6.07) is 0.267. The molecule has 0 spiro atoms. The van der Waals surface area contributed by atoms with Gasteiger partial charge in [0.05, 0.1) is 0 Å².